The van der Waals surface area contributed by atoms with Gasteiger partial charge in [-0.3, -0.25) is 10.1 Å². The maximum atomic E-state index is 11.5. The molecule has 0 bridgehead atoms. The number of nitro benzene ring substituents is 1. The first-order chi connectivity index (χ1) is 12.4. The van der Waals surface area contributed by atoms with Crippen LogP contribution in [0.3, 0.4) is 0 Å². The number of carbonyl (C=O) groups is 1. The third-order valence-electron chi connectivity index (χ3n) is 4.09. The molecule has 0 spiro atoms. The molecule has 0 aliphatic rings. The van der Waals surface area contributed by atoms with Crippen LogP contribution in [0.25, 0.3) is 22.3 Å². The van der Waals surface area contributed by atoms with Gasteiger partial charge in [0.1, 0.15) is 11.8 Å². The van der Waals surface area contributed by atoms with Crippen molar-refractivity contribution in [3.8, 4) is 28.3 Å². The molecule has 7 heteroatoms. The number of benzene rings is 2. The average molecular weight is 347 g/mol. The van der Waals surface area contributed by atoms with Gasteiger partial charge in [-0.05, 0) is 17.2 Å². The van der Waals surface area contributed by atoms with Crippen molar-refractivity contribution < 1.29 is 14.8 Å². The number of carboxylic acids is 1. The number of nitrogens with zero attached hydrogens (tertiary/aromatic N) is 3. The lowest BCUT2D eigenvalue weighted by Crippen LogP contribution is -2.05. The van der Waals surface area contributed by atoms with Crippen LogP contribution < -0.4 is 0 Å². The number of aryl methyl sites for hydroxylation is 1. The predicted octanol–water partition coefficient (Wildman–Crippen LogP) is 3.84. The molecule has 1 aromatic heterocycles. The Kier molecular flexibility index (Phi) is 4.25. The van der Waals surface area contributed by atoms with Gasteiger partial charge < -0.3 is 9.67 Å². The van der Waals surface area contributed by atoms with Crippen LogP contribution in [0.5, 0.6) is 0 Å². The van der Waals surface area contributed by atoms with Crippen LogP contribution in [0, 0.1) is 21.4 Å². The third-order valence-corrected chi connectivity index (χ3v) is 4.09. The summed E-state index contributed by atoms with van der Waals surface area (Å²) in [5, 5.41) is 29.9. The van der Waals surface area contributed by atoms with E-state index in [-0.39, 0.29) is 16.9 Å². The fraction of sp³-hybridized carbons (Fsp3) is 0.0526. The predicted molar refractivity (Wildman–Crippen MR) is 94.6 cm³/mol. The number of rotatable bonds is 4. The van der Waals surface area contributed by atoms with Crippen LogP contribution >= 0.6 is 0 Å². The summed E-state index contributed by atoms with van der Waals surface area (Å²) in [5.41, 5.74) is 2.24. The molecule has 0 unspecified atom stereocenters. The minimum Gasteiger partial charge on any atom is -0.477 e. The van der Waals surface area contributed by atoms with E-state index in [2.05, 4.69) is 0 Å². The van der Waals surface area contributed by atoms with E-state index in [4.69, 9.17) is 0 Å². The topological polar surface area (TPSA) is 109 Å². The summed E-state index contributed by atoms with van der Waals surface area (Å²) < 4.78 is 1.40. The Bertz CT molecular complexity index is 1060. The van der Waals surface area contributed by atoms with Crippen molar-refractivity contribution in [2.45, 2.75) is 0 Å². The van der Waals surface area contributed by atoms with E-state index in [9.17, 15) is 25.3 Å². The smallest absolute Gasteiger partial charge is 0.353 e. The second-order valence-electron chi connectivity index (χ2n) is 5.65. The maximum absolute atomic E-state index is 11.5. The van der Waals surface area contributed by atoms with Crippen LogP contribution in [0.15, 0.2) is 54.7 Å². The first kappa shape index (κ1) is 16.9. The van der Waals surface area contributed by atoms with E-state index in [1.807, 2.05) is 6.07 Å². The Morgan fingerprint density at radius 3 is 2.35 bits per heavy atom. The van der Waals surface area contributed by atoms with Crippen molar-refractivity contribution in [1.82, 2.24) is 4.57 Å². The van der Waals surface area contributed by atoms with E-state index in [1.165, 1.54) is 16.8 Å². The Morgan fingerprint density at radius 2 is 1.77 bits per heavy atom. The number of aromatic nitrogens is 1. The lowest BCUT2D eigenvalue weighted by molar-refractivity contribution is -0.384. The molecule has 3 aromatic rings. The van der Waals surface area contributed by atoms with Gasteiger partial charge in [0.05, 0.1) is 16.1 Å². The lowest BCUT2D eigenvalue weighted by atomic mass is 9.97. The highest BCUT2D eigenvalue weighted by Crippen LogP contribution is 2.33. The molecule has 0 saturated carbocycles. The van der Waals surface area contributed by atoms with Gasteiger partial charge in [0.15, 0.2) is 0 Å². The largest absolute Gasteiger partial charge is 0.477 e. The molecule has 0 aliphatic heterocycles. The summed E-state index contributed by atoms with van der Waals surface area (Å²) in [7, 11) is 1.56. The van der Waals surface area contributed by atoms with E-state index < -0.39 is 10.9 Å². The molecule has 0 radical (unpaired) electrons. The minimum atomic E-state index is -1.13. The molecule has 1 N–H and O–H groups in total. The molecule has 3 rings (SSSR count). The average Bonchev–Trinajstić information content (AvgIpc) is 2.98. The summed E-state index contributed by atoms with van der Waals surface area (Å²) in [4.78, 5) is 22.3. The Balaban J connectivity index is 2.12. The normalized spacial score (nSPS) is 10.3. The van der Waals surface area contributed by atoms with Gasteiger partial charge in [0.2, 0.25) is 0 Å². The summed E-state index contributed by atoms with van der Waals surface area (Å²) in [6.45, 7) is 0. The molecular formula is C19H13N3O4. The summed E-state index contributed by atoms with van der Waals surface area (Å²) in [5.74, 6) is -1.13. The second-order valence-corrected chi connectivity index (χ2v) is 5.65. The number of para-hydroxylation sites is 1. The van der Waals surface area contributed by atoms with Crippen LogP contribution in [-0.2, 0) is 7.05 Å². The highest BCUT2D eigenvalue weighted by Gasteiger charge is 2.21. The van der Waals surface area contributed by atoms with Crippen LogP contribution in [0.2, 0.25) is 0 Å². The van der Waals surface area contributed by atoms with Gasteiger partial charge in [-0.15, -0.1) is 0 Å². The van der Waals surface area contributed by atoms with E-state index >= 15 is 0 Å². The standard InChI is InChI=1S/C19H13N3O4/c1-21-11-14(10-20)17(18(21)19(23)24)13-8-6-12(7-9-13)15-4-2-3-5-16(15)22(25)26/h2-9,11H,1H3,(H,23,24). The van der Waals surface area contributed by atoms with Gasteiger partial charge in [-0.1, -0.05) is 36.4 Å². The van der Waals surface area contributed by atoms with Crippen molar-refractivity contribution in [1.29, 1.82) is 5.26 Å². The molecule has 7 nitrogen and oxygen atoms in total. The number of carboxylic acid groups (broad SMARTS) is 1. The summed E-state index contributed by atoms with van der Waals surface area (Å²) in [6, 6.07) is 15.1. The Morgan fingerprint density at radius 1 is 1.15 bits per heavy atom. The van der Waals surface area contributed by atoms with Gasteiger partial charge in [-0.25, -0.2) is 4.79 Å². The third kappa shape index (κ3) is 2.80. The van der Waals surface area contributed by atoms with Crippen LogP contribution in [-0.4, -0.2) is 20.6 Å². The highest BCUT2D eigenvalue weighted by atomic mass is 16.6. The SMILES string of the molecule is Cn1cc(C#N)c(-c2ccc(-c3ccccc3[N+](=O)[O-])cc2)c1C(=O)O. The zero-order valence-corrected chi connectivity index (χ0v) is 13.7. The maximum Gasteiger partial charge on any atom is 0.353 e. The first-order valence-electron chi connectivity index (χ1n) is 7.61. The zero-order chi connectivity index (χ0) is 18.8. The highest BCUT2D eigenvalue weighted by molar-refractivity contribution is 5.97. The van der Waals surface area contributed by atoms with Gasteiger partial charge in [0.25, 0.3) is 5.69 Å². The van der Waals surface area contributed by atoms with Crippen molar-refractivity contribution >= 4 is 11.7 Å². The van der Waals surface area contributed by atoms with E-state index in [0.717, 1.165) is 0 Å². The first-order valence-corrected chi connectivity index (χ1v) is 7.61. The van der Waals surface area contributed by atoms with Crippen molar-refractivity contribution in [3.63, 3.8) is 0 Å². The van der Waals surface area contributed by atoms with Gasteiger partial charge >= 0.3 is 5.97 Å². The number of hydrogen-bond acceptors (Lipinski definition) is 4. The van der Waals surface area contributed by atoms with Crippen LogP contribution in [0.1, 0.15) is 16.1 Å². The fourth-order valence-corrected chi connectivity index (χ4v) is 2.95. The van der Waals surface area contributed by atoms with Crippen molar-refractivity contribution in [3.05, 3.63) is 76.1 Å². The molecule has 128 valence electrons. The van der Waals surface area contributed by atoms with Crippen LogP contribution in [0.4, 0.5) is 5.69 Å². The molecule has 0 saturated heterocycles. The molecule has 26 heavy (non-hydrogen) atoms. The number of nitriles is 1. The van der Waals surface area contributed by atoms with Crippen molar-refractivity contribution in [2.75, 3.05) is 0 Å². The molecule has 0 atom stereocenters. The lowest BCUT2D eigenvalue weighted by Gasteiger charge is -2.07. The van der Waals surface area contributed by atoms with E-state index in [1.54, 1.807) is 49.5 Å². The summed E-state index contributed by atoms with van der Waals surface area (Å²) >= 11 is 0. The minimum absolute atomic E-state index is 0.0103. The molecular weight excluding hydrogens is 334 g/mol. The monoisotopic (exact) mass is 347 g/mol. The van der Waals surface area contributed by atoms with Crippen molar-refractivity contribution in [2.24, 2.45) is 7.05 Å². The zero-order valence-electron chi connectivity index (χ0n) is 13.7. The quantitative estimate of drug-likeness (QED) is 0.569. The molecule has 0 aliphatic carbocycles. The summed E-state index contributed by atoms with van der Waals surface area (Å²) in [6.07, 6.45) is 1.47. The second kappa shape index (κ2) is 6.53. The number of hydrogen-bond donors (Lipinski definition) is 1. The fourth-order valence-electron chi connectivity index (χ4n) is 2.95. The number of aromatic carboxylic acids is 1. The van der Waals surface area contributed by atoms with E-state index in [0.29, 0.717) is 22.3 Å². The Labute approximate surface area is 148 Å². The van der Waals surface area contributed by atoms with Gasteiger partial charge in [-0.2, -0.15) is 5.26 Å². The Hall–Kier alpha value is -3.92. The molecule has 1 heterocycles. The number of nitro groups is 1. The molecule has 2 aromatic carbocycles. The molecule has 0 fully saturated rings. The van der Waals surface area contributed by atoms with Gasteiger partial charge in [0, 0.05) is 24.9 Å². The molecule has 0 amide bonds.